The van der Waals surface area contributed by atoms with Crippen molar-refractivity contribution in [2.24, 2.45) is 5.92 Å². The molecule has 0 amide bonds. The zero-order valence-corrected chi connectivity index (χ0v) is 15.0. The van der Waals surface area contributed by atoms with Crippen molar-refractivity contribution >= 4 is 21.9 Å². The van der Waals surface area contributed by atoms with Gasteiger partial charge in [-0.05, 0) is 35.0 Å². The normalized spacial score (nSPS) is 22.4. The van der Waals surface area contributed by atoms with Crippen molar-refractivity contribution in [1.82, 2.24) is 0 Å². The Hall–Kier alpha value is -1.11. The number of hydrogen-bond acceptors (Lipinski definition) is 4. The van der Waals surface area contributed by atoms with E-state index in [4.69, 9.17) is 9.47 Å². The molecule has 0 radical (unpaired) electrons. The van der Waals surface area contributed by atoms with Crippen LogP contribution in [-0.2, 0) is 9.53 Å². The molecule has 1 saturated heterocycles. The number of esters is 1. The summed E-state index contributed by atoms with van der Waals surface area (Å²) >= 11 is 3.42. The Morgan fingerprint density at radius 2 is 2.09 bits per heavy atom. The number of piperidine rings is 1. The largest absolute Gasteiger partial charge is 0.489 e. The van der Waals surface area contributed by atoms with E-state index in [1.165, 1.54) is 4.90 Å². The number of benzene rings is 1. The van der Waals surface area contributed by atoms with Crippen LogP contribution in [0.2, 0.25) is 0 Å². The van der Waals surface area contributed by atoms with Gasteiger partial charge >= 0.3 is 5.97 Å². The Morgan fingerprint density at radius 3 is 2.74 bits per heavy atom. The minimum atomic E-state index is -0.517. The van der Waals surface area contributed by atoms with Crippen LogP contribution in [0.25, 0.3) is 0 Å². The van der Waals surface area contributed by atoms with Crippen LogP contribution in [-0.4, -0.2) is 50.0 Å². The fourth-order valence-corrected chi connectivity index (χ4v) is 3.27. The summed E-state index contributed by atoms with van der Waals surface area (Å²) in [6.45, 7) is 4.95. The highest BCUT2D eigenvalue weighted by molar-refractivity contribution is 9.10. The lowest BCUT2D eigenvalue weighted by Crippen LogP contribution is -3.14. The molecule has 2 rings (SSSR count). The molecule has 6 heteroatoms. The molecule has 0 bridgehead atoms. The molecule has 0 saturated carbocycles. The molecule has 1 heterocycles. The van der Waals surface area contributed by atoms with Crippen molar-refractivity contribution < 1.29 is 24.3 Å². The number of nitrogens with one attached hydrogen (secondary N) is 1. The SMILES string of the molecule is CCOC(=O)C1CC[NH+](C[C@H](O)COc2ccccc2Br)CC1. The van der Waals surface area contributed by atoms with Gasteiger partial charge < -0.3 is 19.5 Å². The van der Waals surface area contributed by atoms with Crippen LogP contribution in [0, 0.1) is 5.92 Å². The summed E-state index contributed by atoms with van der Waals surface area (Å²) in [4.78, 5) is 13.0. The van der Waals surface area contributed by atoms with Gasteiger partial charge in [-0.15, -0.1) is 0 Å². The smallest absolute Gasteiger partial charge is 0.309 e. The molecule has 1 aliphatic rings. The zero-order chi connectivity index (χ0) is 16.7. The lowest BCUT2D eigenvalue weighted by molar-refractivity contribution is -0.908. The molecule has 1 aliphatic heterocycles. The first kappa shape index (κ1) is 18.2. The molecule has 0 aromatic heterocycles. The van der Waals surface area contributed by atoms with Crippen LogP contribution in [0.4, 0.5) is 0 Å². The number of quaternary nitrogens is 1. The van der Waals surface area contributed by atoms with Crippen LogP contribution in [0.15, 0.2) is 28.7 Å². The number of para-hydroxylation sites is 1. The van der Waals surface area contributed by atoms with E-state index in [1.807, 2.05) is 31.2 Å². The van der Waals surface area contributed by atoms with E-state index in [0.29, 0.717) is 13.2 Å². The predicted octanol–water partition coefficient (Wildman–Crippen LogP) is 1.05. The van der Waals surface area contributed by atoms with Crippen LogP contribution in [0.1, 0.15) is 19.8 Å². The van der Waals surface area contributed by atoms with Crippen molar-refractivity contribution in [3.63, 3.8) is 0 Å². The highest BCUT2D eigenvalue weighted by Gasteiger charge is 2.29. The van der Waals surface area contributed by atoms with Gasteiger partial charge in [-0.25, -0.2) is 0 Å². The van der Waals surface area contributed by atoms with Gasteiger partial charge in [0.2, 0.25) is 0 Å². The number of aliphatic hydroxyl groups is 1. The number of hydrogen-bond donors (Lipinski definition) is 2. The van der Waals surface area contributed by atoms with Gasteiger partial charge in [-0.3, -0.25) is 4.79 Å². The van der Waals surface area contributed by atoms with E-state index in [2.05, 4.69) is 15.9 Å². The fraction of sp³-hybridized carbons (Fsp3) is 0.588. The number of ether oxygens (including phenoxy) is 2. The molecular formula is C17H25BrNO4+. The molecule has 1 fully saturated rings. The number of rotatable bonds is 7. The highest BCUT2D eigenvalue weighted by atomic mass is 79.9. The molecule has 1 atom stereocenters. The van der Waals surface area contributed by atoms with Crippen molar-refractivity contribution in [2.75, 3.05) is 32.8 Å². The number of likely N-dealkylation sites (tertiary alicyclic amines) is 1. The molecule has 1 aromatic carbocycles. The van der Waals surface area contributed by atoms with Gasteiger partial charge in [0.1, 0.15) is 25.0 Å². The minimum Gasteiger partial charge on any atom is -0.489 e. The Morgan fingerprint density at radius 1 is 1.39 bits per heavy atom. The van der Waals surface area contributed by atoms with Crippen LogP contribution >= 0.6 is 15.9 Å². The Kier molecular flexibility index (Phi) is 7.33. The second kappa shape index (κ2) is 9.25. The number of aliphatic hydroxyl groups excluding tert-OH is 1. The highest BCUT2D eigenvalue weighted by Crippen LogP contribution is 2.23. The Balaban J connectivity index is 1.69. The van der Waals surface area contributed by atoms with Crippen LogP contribution in [0.3, 0.4) is 0 Å². The number of carbonyl (C=O) groups is 1. The number of carbonyl (C=O) groups excluding carboxylic acids is 1. The average molecular weight is 387 g/mol. The third-order valence-electron chi connectivity index (χ3n) is 4.10. The van der Waals surface area contributed by atoms with E-state index in [-0.39, 0.29) is 18.5 Å². The minimum absolute atomic E-state index is 0.0207. The van der Waals surface area contributed by atoms with E-state index in [0.717, 1.165) is 36.2 Å². The summed E-state index contributed by atoms with van der Waals surface area (Å²) in [7, 11) is 0. The standard InChI is InChI=1S/C17H24BrNO4/c1-2-22-17(21)13-7-9-19(10-8-13)11-14(20)12-23-16-6-4-3-5-15(16)18/h3-6,13-14,20H,2,7-12H2,1H3/p+1/t14-/m0/s1. The summed E-state index contributed by atoms with van der Waals surface area (Å²) in [5.41, 5.74) is 0. The summed E-state index contributed by atoms with van der Waals surface area (Å²) in [5.74, 6) is 0.680. The van der Waals surface area contributed by atoms with E-state index >= 15 is 0 Å². The lowest BCUT2D eigenvalue weighted by Gasteiger charge is -2.29. The fourth-order valence-electron chi connectivity index (χ4n) is 2.87. The van der Waals surface area contributed by atoms with Crippen LogP contribution < -0.4 is 9.64 Å². The first-order chi connectivity index (χ1) is 11.1. The average Bonchev–Trinajstić information content (AvgIpc) is 2.55. The molecular weight excluding hydrogens is 362 g/mol. The molecule has 0 unspecified atom stereocenters. The van der Waals surface area contributed by atoms with Crippen molar-refractivity contribution in [3.05, 3.63) is 28.7 Å². The van der Waals surface area contributed by atoms with Crippen LogP contribution in [0.5, 0.6) is 5.75 Å². The summed E-state index contributed by atoms with van der Waals surface area (Å²) in [6, 6.07) is 7.60. The third kappa shape index (κ3) is 5.79. The second-order valence-electron chi connectivity index (χ2n) is 5.88. The quantitative estimate of drug-likeness (QED) is 0.687. The Labute approximate surface area is 145 Å². The zero-order valence-electron chi connectivity index (χ0n) is 13.5. The van der Waals surface area contributed by atoms with Gasteiger partial charge in [0, 0.05) is 12.8 Å². The van der Waals surface area contributed by atoms with Crippen molar-refractivity contribution in [2.45, 2.75) is 25.9 Å². The summed E-state index contributed by atoms with van der Waals surface area (Å²) < 4.78 is 11.6. The maximum atomic E-state index is 11.7. The summed E-state index contributed by atoms with van der Waals surface area (Å²) in [6.07, 6.45) is 1.13. The predicted molar refractivity (Wildman–Crippen MR) is 90.6 cm³/mol. The molecule has 128 valence electrons. The van der Waals surface area contributed by atoms with Gasteiger partial charge in [-0.2, -0.15) is 0 Å². The van der Waals surface area contributed by atoms with Crippen molar-refractivity contribution in [1.29, 1.82) is 0 Å². The molecule has 5 nitrogen and oxygen atoms in total. The Bertz CT molecular complexity index is 503. The van der Waals surface area contributed by atoms with Gasteiger partial charge in [0.25, 0.3) is 0 Å². The maximum absolute atomic E-state index is 11.7. The summed E-state index contributed by atoms with van der Waals surface area (Å²) in [5, 5.41) is 10.2. The second-order valence-corrected chi connectivity index (χ2v) is 6.73. The molecule has 23 heavy (non-hydrogen) atoms. The van der Waals surface area contributed by atoms with E-state index < -0.39 is 6.10 Å². The third-order valence-corrected chi connectivity index (χ3v) is 4.76. The first-order valence-electron chi connectivity index (χ1n) is 8.15. The van der Waals surface area contributed by atoms with Gasteiger partial charge in [0.05, 0.1) is 30.1 Å². The number of halogens is 1. The van der Waals surface area contributed by atoms with E-state index in [1.54, 1.807) is 0 Å². The van der Waals surface area contributed by atoms with Gasteiger partial charge in [-0.1, -0.05) is 12.1 Å². The molecule has 0 aliphatic carbocycles. The first-order valence-corrected chi connectivity index (χ1v) is 8.95. The molecule has 1 aromatic rings. The molecule has 0 spiro atoms. The lowest BCUT2D eigenvalue weighted by atomic mass is 9.97. The monoisotopic (exact) mass is 386 g/mol. The van der Waals surface area contributed by atoms with E-state index in [9.17, 15) is 9.90 Å². The van der Waals surface area contributed by atoms with Crippen molar-refractivity contribution in [3.8, 4) is 5.75 Å². The van der Waals surface area contributed by atoms with Gasteiger partial charge in [0.15, 0.2) is 0 Å². The maximum Gasteiger partial charge on any atom is 0.309 e. The molecule has 2 N–H and O–H groups in total. The topological polar surface area (TPSA) is 60.2 Å².